The fraction of sp³-hybridized carbons (Fsp3) is 0.389. The van der Waals surface area contributed by atoms with Gasteiger partial charge in [0.1, 0.15) is 0 Å². The van der Waals surface area contributed by atoms with E-state index in [-0.39, 0.29) is 18.0 Å². The molecule has 1 aromatic carbocycles. The smallest absolute Gasteiger partial charge is 0.378 e. The second-order valence-corrected chi connectivity index (χ2v) is 7.28. The number of likely N-dealkylation sites (tertiary alicyclic amines) is 1. The SMILES string of the molecule is O=C1CCCN1[C@H]1C[C@@H](c2ccsc2)Nc2ccc(C(F)(F)F)cc21. The van der Waals surface area contributed by atoms with E-state index in [0.717, 1.165) is 18.1 Å². The Kier molecular flexibility index (Phi) is 3.98. The third-order valence-electron chi connectivity index (χ3n) is 4.96. The van der Waals surface area contributed by atoms with Crippen LogP contribution in [0, 0.1) is 0 Å². The number of carbonyl (C=O) groups excluding carboxylic acids is 1. The molecule has 0 unspecified atom stereocenters. The molecule has 1 N–H and O–H groups in total. The van der Waals surface area contributed by atoms with Crippen LogP contribution in [0.5, 0.6) is 0 Å². The zero-order chi connectivity index (χ0) is 17.6. The van der Waals surface area contributed by atoms with Crippen LogP contribution in [0.1, 0.15) is 48.0 Å². The van der Waals surface area contributed by atoms with Gasteiger partial charge in [0.05, 0.1) is 17.6 Å². The van der Waals surface area contributed by atoms with Gasteiger partial charge in [-0.2, -0.15) is 24.5 Å². The van der Waals surface area contributed by atoms with Gasteiger partial charge in [0.25, 0.3) is 0 Å². The number of hydrogen-bond acceptors (Lipinski definition) is 3. The first-order chi connectivity index (χ1) is 11.9. The lowest BCUT2D eigenvalue weighted by Crippen LogP contribution is -2.35. The minimum Gasteiger partial charge on any atom is -0.378 e. The number of rotatable bonds is 2. The van der Waals surface area contributed by atoms with Gasteiger partial charge in [0, 0.05) is 18.7 Å². The molecule has 1 aromatic heterocycles. The molecule has 1 fully saturated rings. The van der Waals surface area contributed by atoms with Crippen molar-refractivity contribution < 1.29 is 18.0 Å². The lowest BCUT2D eigenvalue weighted by Gasteiger charge is -2.38. The maximum absolute atomic E-state index is 13.1. The quantitative estimate of drug-likeness (QED) is 0.812. The van der Waals surface area contributed by atoms with Gasteiger partial charge in [-0.05, 0) is 59.0 Å². The van der Waals surface area contributed by atoms with Gasteiger partial charge in [-0.25, -0.2) is 0 Å². The molecule has 2 aliphatic rings. The Morgan fingerprint density at radius 2 is 2.08 bits per heavy atom. The van der Waals surface area contributed by atoms with E-state index in [0.29, 0.717) is 30.6 Å². The molecule has 0 saturated carbocycles. The molecule has 4 rings (SSSR count). The van der Waals surface area contributed by atoms with E-state index in [4.69, 9.17) is 0 Å². The van der Waals surface area contributed by atoms with Crippen LogP contribution in [-0.4, -0.2) is 17.4 Å². The van der Waals surface area contributed by atoms with Crippen molar-refractivity contribution >= 4 is 22.9 Å². The molecule has 2 aromatic rings. The zero-order valence-electron chi connectivity index (χ0n) is 13.3. The lowest BCUT2D eigenvalue weighted by atomic mass is 9.88. The summed E-state index contributed by atoms with van der Waals surface area (Å²) in [6, 6.07) is 5.48. The summed E-state index contributed by atoms with van der Waals surface area (Å²) in [5, 5.41) is 7.37. The van der Waals surface area contributed by atoms with Gasteiger partial charge < -0.3 is 10.2 Å². The Balaban J connectivity index is 1.76. The first kappa shape index (κ1) is 16.4. The molecule has 0 radical (unpaired) electrons. The number of benzene rings is 1. The van der Waals surface area contributed by atoms with Gasteiger partial charge in [0.2, 0.25) is 5.91 Å². The highest BCUT2D eigenvalue weighted by Gasteiger charge is 2.38. The van der Waals surface area contributed by atoms with Crippen molar-refractivity contribution in [3.63, 3.8) is 0 Å². The third-order valence-corrected chi connectivity index (χ3v) is 5.66. The normalized spacial score (nSPS) is 23.5. The summed E-state index contributed by atoms with van der Waals surface area (Å²) in [6.45, 7) is 0.607. The molecule has 25 heavy (non-hydrogen) atoms. The molecule has 3 nitrogen and oxygen atoms in total. The Hall–Kier alpha value is -2.02. The van der Waals surface area contributed by atoms with Crippen molar-refractivity contribution in [3.8, 4) is 0 Å². The Morgan fingerprint density at radius 1 is 1.24 bits per heavy atom. The van der Waals surface area contributed by atoms with E-state index in [1.165, 1.54) is 12.1 Å². The fourth-order valence-electron chi connectivity index (χ4n) is 3.73. The first-order valence-corrected chi connectivity index (χ1v) is 9.17. The summed E-state index contributed by atoms with van der Waals surface area (Å²) in [7, 11) is 0. The maximum atomic E-state index is 13.1. The number of alkyl halides is 3. The number of amides is 1. The second-order valence-electron chi connectivity index (χ2n) is 6.50. The molecule has 0 bridgehead atoms. The zero-order valence-corrected chi connectivity index (χ0v) is 14.2. The van der Waals surface area contributed by atoms with E-state index in [1.807, 2.05) is 16.8 Å². The van der Waals surface area contributed by atoms with Crippen LogP contribution in [0.15, 0.2) is 35.0 Å². The second kappa shape index (κ2) is 6.05. The molecular weight excluding hydrogens is 349 g/mol. The van der Waals surface area contributed by atoms with Crippen molar-refractivity contribution in [2.24, 2.45) is 0 Å². The van der Waals surface area contributed by atoms with Crippen LogP contribution in [-0.2, 0) is 11.0 Å². The predicted octanol–water partition coefficient (Wildman–Crippen LogP) is 4.99. The number of thiophene rings is 1. The van der Waals surface area contributed by atoms with Crippen LogP contribution >= 0.6 is 11.3 Å². The molecule has 0 spiro atoms. The number of hydrogen-bond donors (Lipinski definition) is 1. The highest BCUT2D eigenvalue weighted by atomic mass is 32.1. The summed E-state index contributed by atoms with van der Waals surface area (Å²) >= 11 is 1.59. The highest BCUT2D eigenvalue weighted by Crippen LogP contribution is 2.45. The summed E-state index contributed by atoms with van der Waals surface area (Å²) in [5.74, 6) is 0.0272. The fourth-order valence-corrected chi connectivity index (χ4v) is 4.44. The molecule has 2 aliphatic heterocycles. The van der Waals surface area contributed by atoms with Crippen molar-refractivity contribution in [1.29, 1.82) is 0 Å². The summed E-state index contributed by atoms with van der Waals surface area (Å²) in [5.41, 5.74) is 1.68. The monoisotopic (exact) mass is 366 g/mol. The van der Waals surface area contributed by atoms with Crippen LogP contribution in [0.4, 0.5) is 18.9 Å². The van der Waals surface area contributed by atoms with E-state index < -0.39 is 11.7 Å². The van der Waals surface area contributed by atoms with E-state index >= 15 is 0 Å². The number of halogens is 3. The highest BCUT2D eigenvalue weighted by molar-refractivity contribution is 7.08. The minimum absolute atomic E-state index is 0.00566. The van der Waals surface area contributed by atoms with Crippen LogP contribution in [0.25, 0.3) is 0 Å². The molecular formula is C18H17F3N2OS. The molecule has 0 aliphatic carbocycles. The molecule has 1 saturated heterocycles. The molecule has 2 atom stereocenters. The largest absolute Gasteiger partial charge is 0.416 e. The molecule has 7 heteroatoms. The van der Waals surface area contributed by atoms with E-state index in [2.05, 4.69) is 5.32 Å². The van der Waals surface area contributed by atoms with Crippen molar-refractivity contribution in [1.82, 2.24) is 4.90 Å². The topological polar surface area (TPSA) is 32.3 Å². The number of fused-ring (bicyclic) bond motifs is 1. The van der Waals surface area contributed by atoms with Gasteiger partial charge in [-0.1, -0.05) is 0 Å². The molecule has 132 valence electrons. The summed E-state index contributed by atoms with van der Waals surface area (Å²) in [4.78, 5) is 14.0. The van der Waals surface area contributed by atoms with Crippen molar-refractivity contribution in [2.45, 2.75) is 37.5 Å². The van der Waals surface area contributed by atoms with Gasteiger partial charge in [-0.15, -0.1) is 0 Å². The number of anilines is 1. The predicted molar refractivity (Wildman–Crippen MR) is 90.4 cm³/mol. The van der Waals surface area contributed by atoms with Crippen LogP contribution < -0.4 is 5.32 Å². The molecule has 3 heterocycles. The van der Waals surface area contributed by atoms with E-state index in [1.54, 1.807) is 16.2 Å². The van der Waals surface area contributed by atoms with Crippen molar-refractivity contribution in [3.05, 3.63) is 51.7 Å². The first-order valence-electron chi connectivity index (χ1n) is 8.23. The van der Waals surface area contributed by atoms with Crippen LogP contribution in [0.2, 0.25) is 0 Å². The summed E-state index contributed by atoms with van der Waals surface area (Å²) in [6.07, 6.45) is -2.57. The summed E-state index contributed by atoms with van der Waals surface area (Å²) < 4.78 is 39.4. The average molecular weight is 366 g/mol. The standard InChI is InChI=1S/C18H17F3N2OS/c19-18(20,21)12-3-4-14-13(8-12)16(23-6-1-2-17(23)24)9-15(22-14)11-5-7-25-10-11/h3-5,7-8,10,15-16,22H,1-2,6,9H2/t15-,16-/m0/s1. The maximum Gasteiger partial charge on any atom is 0.416 e. The Labute approximate surface area is 147 Å². The van der Waals surface area contributed by atoms with Gasteiger partial charge >= 0.3 is 6.18 Å². The van der Waals surface area contributed by atoms with Gasteiger partial charge in [-0.3, -0.25) is 4.79 Å². The Morgan fingerprint density at radius 3 is 2.72 bits per heavy atom. The average Bonchev–Trinajstić information content (AvgIpc) is 3.24. The number of carbonyl (C=O) groups is 1. The minimum atomic E-state index is -4.39. The Bertz CT molecular complexity index is 788. The molecule has 1 amide bonds. The van der Waals surface area contributed by atoms with Crippen molar-refractivity contribution in [2.75, 3.05) is 11.9 Å². The van der Waals surface area contributed by atoms with Gasteiger partial charge in [0.15, 0.2) is 0 Å². The number of nitrogens with zero attached hydrogens (tertiary/aromatic N) is 1. The third kappa shape index (κ3) is 3.01. The number of nitrogens with one attached hydrogen (secondary N) is 1. The van der Waals surface area contributed by atoms with E-state index in [9.17, 15) is 18.0 Å². The lowest BCUT2D eigenvalue weighted by molar-refractivity contribution is -0.137. The van der Waals surface area contributed by atoms with Crippen LogP contribution in [0.3, 0.4) is 0 Å².